The van der Waals surface area contributed by atoms with Gasteiger partial charge in [-0.15, -0.1) is 0 Å². The summed E-state index contributed by atoms with van der Waals surface area (Å²) in [6.07, 6.45) is 13.6. The highest BCUT2D eigenvalue weighted by molar-refractivity contribution is 8.17. The van der Waals surface area contributed by atoms with Crippen LogP contribution in [0.2, 0.25) is 0 Å². The van der Waals surface area contributed by atoms with E-state index in [1.54, 1.807) is 31.1 Å². The van der Waals surface area contributed by atoms with Gasteiger partial charge in [0.1, 0.15) is 0 Å². The highest BCUT2D eigenvalue weighted by atomic mass is 32.2. The van der Waals surface area contributed by atoms with E-state index in [0.717, 1.165) is 29.5 Å². The molecule has 1 aliphatic rings. The van der Waals surface area contributed by atoms with Gasteiger partial charge in [-0.05, 0) is 37.6 Å². The van der Waals surface area contributed by atoms with Gasteiger partial charge in [0.15, 0.2) is 5.17 Å². The first-order chi connectivity index (χ1) is 10.2. The molecule has 0 aromatic rings. The molecule has 0 aromatic carbocycles. The van der Waals surface area contributed by atoms with Crippen molar-refractivity contribution in [1.82, 2.24) is 5.32 Å². The van der Waals surface area contributed by atoms with Crippen LogP contribution in [-0.4, -0.2) is 25.0 Å². The second-order valence-corrected chi connectivity index (χ2v) is 5.54. The van der Waals surface area contributed by atoms with E-state index < -0.39 is 0 Å². The molecule has 1 N–H and O–H groups in total. The molecule has 0 fully saturated rings. The maximum absolute atomic E-state index is 4.34. The molecule has 1 rings (SSSR count). The third kappa shape index (κ3) is 6.45. The average molecular weight is 301 g/mol. The fourth-order valence-electron chi connectivity index (χ4n) is 1.79. The first kappa shape index (κ1) is 17.2. The summed E-state index contributed by atoms with van der Waals surface area (Å²) in [6, 6.07) is 0. The molecule has 4 heteroatoms. The number of nitrogens with one attached hydrogen (secondary N) is 1. The van der Waals surface area contributed by atoms with Gasteiger partial charge in [-0.25, -0.2) is 0 Å². The van der Waals surface area contributed by atoms with Crippen LogP contribution in [0.3, 0.4) is 0 Å². The Labute approximate surface area is 132 Å². The number of hydrogen-bond acceptors (Lipinski definition) is 3. The van der Waals surface area contributed by atoms with Gasteiger partial charge in [0.2, 0.25) is 0 Å². The standard InChI is InChI=1S/C17H23N3S/c1-5-8-16(21-17(18-4)20-6-2)10-7-9-15-13-19-12-11-14(15)3/h5-8,10,13H,1-2,9,11-12H2,3-4H3,(H,18,20)/b10-7-,16-8+. The number of allylic oxidation sites excluding steroid dienone is 5. The normalized spacial score (nSPS) is 16.5. The predicted octanol–water partition coefficient (Wildman–Crippen LogP) is 4.25. The molecule has 0 radical (unpaired) electrons. The average Bonchev–Trinajstić information content (AvgIpc) is 2.48. The third-order valence-corrected chi connectivity index (χ3v) is 3.96. The van der Waals surface area contributed by atoms with Crippen LogP contribution >= 0.6 is 11.8 Å². The van der Waals surface area contributed by atoms with Crippen LogP contribution < -0.4 is 5.32 Å². The van der Waals surface area contributed by atoms with E-state index in [1.807, 2.05) is 12.3 Å². The summed E-state index contributed by atoms with van der Waals surface area (Å²) in [5, 5.41) is 3.81. The molecule has 3 nitrogen and oxygen atoms in total. The zero-order chi connectivity index (χ0) is 15.5. The third-order valence-electron chi connectivity index (χ3n) is 2.96. The van der Waals surface area contributed by atoms with Gasteiger partial charge in [0.05, 0.1) is 0 Å². The van der Waals surface area contributed by atoms with E-state index >= 15 is 0 Å². The van der Waals surface area contributed by atoms with Crippen LogP contribution in [0.5, 0.6) is 0 Å². The molecule has 0 aliphatic carbocycles. The van der Waals surface area contributed by atoms with Gasteiger partial charge >= 0.3 is 0 Å². The maximum atomic E-state index is 4.34. The second kappa shape index (κ2) is 10.00. The number of amidine groups is 1. The zero-order valence-electron chi connectivity index (χ0n) is 12.8. The summed E-state index contributed by atoms with van der Waals surface area (Å²) in [5.74, 6) is 0. The fraction of sp³-hybridized carbons (Fsp3) is 0.294. The van der Waals surface area contributed by atoms with Crippen molar-refractivity contribution in [3.05, 3.63) is 59.7 Å². The van der Waals surface area contributed by atoms with Crippen molar-refractivity contribution < 1.29 is 0 Å². The molecule has 0 saturated heterocycles. The summed E-state index contributed by atoms with van der Waals surface area (Å²) in [7, 11) is 1.75. The van der Waals surface area contributed by atoms with E-state index in [2.05, 4.69) is 47.5 Å². The lowest BCUT2D eigenvalue weighted by Crippen LogP contribution is -2.12. The molecule has 21 heavy (non-hydrogen) atoms. The van der Waals surface area contributed by atoms with Crippen LogP contribution in [-0.2, 0) is 0 Å². The van der Waals surface area contributed by atoms with Crippen molar-refractivity contribution in [3.63, 3.8) is 0 Å². The summed E-state index contributed by atoms with van der Waals surface area (Å²) in [4.78, 5) is 9.58. The minimum absolute atomic E-state index is 0.803. The smallest absolute Gasteiger partial charge is 0.165 e. The molecule has 0 unspecified atom stereocenters. The Kier molecular flexibility index (Phi) is 8.21. The van der Waals surface area contributed by atoms with E-state index in [9.17, 15) is 0 Å². The van der Waals surface area contributed by atoms with E-state index in [1.165, 1.54) is 11.1 Å². The molecule has 1 aliphatic heterocycles. The van der Waals surface area contributed by atoms with Crippen molar-refractivity contribution >= 4 is 23.1 Å². The summed E-state index contributed by atoms with van der Waals surface area (Å²) < 4.78 is 0. The monoisotopic (exact) mass is 301 g/mol. The van der Waals surface area contributed by atoms with Crippen molar-refractivity contribution in [2.24, 2.45) is 9.98 Å². The van der Waals surface area contributed by atoms with Gasteiger partial charge in [0, 0.05) is 24.7 Å². The van der Waals surface area contributed by atoms with Crippen molar-refractivity contribution in [3.8, 4) is 0 Å². The molecular weight excluding hydrogens is 278 g/mol. The zero-order valence-corrected chi connectivity index (χ0v) is 13.6. The summed E-state index contributed by atoms with van der Waals surface area (Å²) >= 11 is 1.55. The fourth-order valence-corrected chi connectivity index (χ4v) is 2.57. The van der Waals surface area contributed by atoms with Crippen LogP contribution in [0.1, 0.15) is 19.8 Å². The lowest BCUT2D eigenvalue weighted by atomic mass is 10.0. The maximum Gasteiger partial charge on any atom is 0.165 e. The minimum atomic E-state index is 0.803. The minimum Gasteiger partial charge on any atom is -0.342 e. The first-order valence-corrected chi connectivity index (χ1v) is 7.72. The Morgan fingerprint density at radius 2 is 2.33 bits per heavy atom. The van der Waals surface area contributed by atoms with Crippen molar-refractivity contribution in [2.45, 2.75) is 19.8 Å². The summed E-state index contributed by atoms with van der Waals surface area (Å²) in [5.41, 5.74) is 2.75. The van der Waals surface area contributed by atoms with Gasteiger partial charge in [-0.3, -0.25) is 9.98 Å². The van der Waals surface area contributed by atoms with Gasteiger partial charge in [-0.2, -0.15) is 0 Å². The molecule has 0 aromatic heterocycles. The number of rotatable bonds is 6. The summed E-state index contributed by atoms with van der Waals surface area (Å²) in [6.45, 7) is 10.5. The molecule has 112 valence electrons. The van der Waals surface area contributed by atoms with Gasteiger partial charge < -0.3 is 5.32 Å². The van der Waals surface area contributed by atoms with Crippen LogP contribution in [0.25, 0.3) is 0 Å². The molecule has 0 amide bonds. The first-order valence-electron chi connectivity index (χ1n) is 6.91. The van der Waals surface area contributed by atoms with E-state index in [4.69, 9.17) is 0 Å². The number of dihydropyridines is 1. The molecule has 1 heterocycles. The van der Waals surface area contributed by atoms with E-state index in [-0.39, 0.29) is 0 Å². The predicted molar refractivity (Wildman–Crippen MR) is 97.0 cm³/mol. The number of aliphatic imine (C=N–C) groups is 2. The topological polar surface area (TPSA) is 36.8 Å². The SMILES string of the molecule is C=C/C=C(\C=C/CC1=C(C)CCN=C1)SC(=NC)NC=C. The van der Waals surface area contributed by atoms with Crippen molar-refractivity contribution in [1.29, 1.82) is 0 Å². The molecule has 0 saturated carbocycles. The van der Waals surface area contributed by atoms with Crippen LogP contribution in [0, 0.1) is 0 Å². The number of nitrogens with zero attached hydrogens (tertiary/aromatic N) is 2. The second-order valence-electron chi connectivity index (χ2n) is 4.48. The molecule has 0 spiro atoms. The molecule has 0 bridgehead atoms. The van der Waals surface area contributed by atoms with Crippen molar-refractivity contribution in [2.75, 3.05) is 13.6 Å². The highest BCUT2D eigenvalue weighted by Crippen LogP contribution is 2.20. The Hall–Kier alpha value is -1.81. The molecule has 0 atom stereocenters. The Morgan fingerprint density at radius 3 is 2.95 bits per heavy atom. The largest absolute Gasteiger partial charge is 0.342 e. The van der Waals surface area contributed by atoms with E-state index in [0.29, 0.717) is 0 Å². The number of thioether (sulfide) groups is 1. The lowest BCUT2D eigenvalue weighted by Gasteiger charge is -2.10. The highest BCUT2D eigenvalue weighted by Gasteiger charge is 2.04. The van der Waals surface area contributed by atoms with Crippen LogP contribution in [0.4, 0.5) is 0 Å². The lowest BCUT2D eigenvalue weighted by molar-refractivity contribution is 0.917. The Balaban J connectivity index is 2.68. The van der Waals surface area contributed by atoms with Crippen LogP contribution in [0.15, 0.2) is 69.7 Å². The van der Waals surface area contributed by atoms with Gasteiger partial charge in [-0.1, -0.05) is 48.7 Å². The molecular formula is C17H23N3S. The van der Waals surface area contributed by atoms with Gasteiger partial charge in [0.25, 0.3) is 0 Å². The Morgan fingerprint density at radius 1 is 1.52 bits per heavy atom. The quantitative estimate of drug-likeness (QED) is 0.452. The Bertz CT molecular complexity index is 522. The number of hydrogen-bond donors (Lipinski definition) is 1.